The van der Waals surface area contributed by atoms with Crippen molar-refractivity contribution in [2.45, 2.75) is 26.3 Å². The van der Waals surface area contributed by atoms with Crippen LogP contribution >= 0.6 is 24.0 Å². The lowest BCUT2D eigenvalue weighted by molar-refractivity contribution is -0.120. The smallest absolute Gasteiger partial charge is 0.239 e. The Kier molecular flexibility index (Phi) is 10.7. The maximum atomic E-state index is 11.7. The molecule has 0 bridgehead atoms. The number of carbonyl (C=O) groups excluding carboxylic acids is 1. The average molecular weight is 408 g/mol. The minimum absolute atomic E-state index is 0. The van der Waals surface area contributed by atoms with Crippen LogP contribution in [-0.2, 0) is 11.3 Å². The molecule has 0 saturated heterocycles. The van der Waals surface area contributed by atoms with Crippen LogP contribution in [0.4, 0.5) is 0 Å². The van der Waals surface area contributed by atoms with Gasteiger partial charge in [0.25, 0.3) is 0 Å². The van der Waals surface area contributed by atoms with Gasteiger partial charge in [-0.25, -0.2) is 0 Å². The van der Waals surface area contributed by atoms with Crippen LogP contribution in [0.2, 0.25) is 0 Å². The van der Waals surface area contributed by atoms with Gasteiger partial charge in [-0.15, -0.1) is 24.0 Å². The first-order chi connectivity index (χ1) is 9.67. The minimum atomic E-state index is -0.0913. The van der Waals surface area contributed by atoms with E-state index in [1.54, 1.807) is 19.4 Å². The Balaban J connectivity index is 0.00000400. The summed E-state index contributed by atoms with van der Waals surface area (Å²) < 4.78 is 5.15. The molecule has 21 heavy (non-hydrogen) atoms. The maximum absolute atomic E-state index is 11.7. The number of nitrogens with zero attached hydrogens (tertiary/aromatic N) is 2. The van der Waals surface area contributed by atoms with E-state index in [0.717, 1.165) is 31.1 Å². The summed E-state index contributed by atoms with van der Waals surface area (Å²) in [5.74, 6) is 1.38. The van der Waals surface area contributed by atoms with E-state index in [2.05, 4.69) is 22.5 Å². The Morgan fingerprint density at radius 3 is 2.76 bits per heavy atom. The van der Waals surface area contributed by atoms with Crippen LogP contribution in [0.5, 0.6) is 0 Å². The number of hydrogen-bond donors (Lipinski definition) is 2. The monoisotopic (exact) mass is 408 g/mol. The predicted octanol–water partition coefficient (Wildman–Crippen LogP) is 1.82. The largest absolute Gasteiger partial charge is 0.467 e. The fraction of sp³-hybridized carbons (Fsp3) is 0.571. The van der Waals surface area contributed by atoms with Crippen molar-refractivity contribution < 1.29 is 9.21 Å². The molecule has 7 heteroatoms. The van der Waals surface area contributed by atoms with E-state index >= 15 is 0 Å². The Morgan fingerprint density at radius 1 is 1.43 bits per heavy atom. The molecule has 0 spiro atoms. The number of hydrogen-bond acceptors (Lipinski definition) is 3. The molecule has 120 valence electrons. The second kappa shape index (κ2) is 11.4. The maximum Gasteiger partial charge on any atom is 0.239 e. The van der Waals surface area contributed by atoms with Crippen molar-refractivity contribution in [1.82, 2.24) is 15.5 Å². The third-order valence-electron chi connectivity index (χ3n) is 2.87. The SMILES string of the molecule is CCCCN(C)C(=NC)NCC(=O)NCc1ccco1.I. The molecule has 0 saturated carbocycles. The van der Waals surface area contributed by atoms with Crippen molar-refractivity contribution in [1.29, 1.82) is 0 Å². The summed E-state index contributed by atoms with van der Waals surface area (Å²) in [6.45, 7) is 3.66. The molecule has 1 aromatic rings. The zero-order chi connectivity index (χ0) is 14.8. The summed E-state index contributed by atoms with van der Waals surface area (Å²) in [6, 6.07) is 3.62. The molecular formula is C14H25IN4O2. The number of unbranched alkanes of at least 4 members (excludes halogenated alkanes) is 1. The number of aliphatic imine (C=N–C) groups is 1. The van der Waals surface area contributed by atoms with Crippen LogP contribution in [0.3, 0.4) is 0 Å². The number of carbonyl (C=O) groups is 1. The average Bonchev–Trinajstić information content (AvgIpc) is 2.96. The molecule has 0 aromatic carbocycles. The number of furan rings is 1. The summed E-state index contributed by atoms with van der Waals surface area (Å²) in [7, 11) is 3.68. The minimum Gasteiger partial charge on any atom is -0.467 e. The molecule has 0 radical (unpaired) electrons. The molecule has 0 aliphatic rings. The zero-order valence-corrected chi connectivity index (χ0v) is 15.2. The predicted molar refractivity (Wildman–Crippen MR) is 94.9 cm³/mol. The molecule has 2 N–H and O–H groups in total. The van der Waals surface area contributed by atoms with Gasteiger partial charge in [-0.3, -0.25) is 9.79 Å². The van der Waals surface area contributed by atoms with Gasteiger partial charge in [0.2, 0.25) is 5.91 Å². The first kappa shape index (κ1) is 19.8. The van der Waals surface area contributed by atoms with E-state index in [0.29, 0.717) is 6.54 Å². The fourth-order valence-electron chi connectivity index (χ4n) is 1.71. The summed E-state index contributed by atoms with van der Waals surface area (Å²) in [4.78, 5) is 17.9. The van der Waals surface area contributed by atoms with Crippen LogP contribution in [0, 0.1) is 0 Å². The molecule has 0 fully saturated rings. The summed E-state index contributed by atoms with van der Waals surface area (Å²) in [5, 5.41) is 5.82. The van der Waals surface area contributed by atoms with Crippen molar-refractivity contribution in [3.8, 4) is 0 Å². The van der Waals surface area contributed by atoms with Crippen molar-refractivity contribution in [3.05, 3.63) is 24.2 Å². The molecule has 6 nitrogen and oxygen atoms in total. The van der Waals surface area contributed by atoms with E-state index < -0.39 is 0 Å². The number of halogens is 1. The van der Waals surface area contributed by atoms with E-state index in [1.807, 2.05) is 18.0 Å². The summed E-state index contributed by atoms with van der Waals surface area (Å²) >= 11 is 0. The van der Waals surface area contributed by atoms with E-state index in [9.17, 15) is 4.79 Å². The number of guanidine groups is 1. The third-order valence-corrected chi connectivity index (χ3v) is 2.87. The van der Waals surface area contributed by atoms with Gasteiger partial charge in [0.05, 0.1) is 19.4 Å². The van der Waals surface area contributed by atoms with Crippen molar-refractivity contribution in [2.75, 3.05) is 27.2 Å². The molecule has 0 aliphatic heterocycles. The highest BCUT2D eigenvalue weighted by molar-refractivity contribution is 14.0. The van der Waals surface area contributed by atoms with Gasteiger partial charge in [-0.05, 0) is 18.6 Å². The summed E-state index contributed by atoms with van der Waals surface area (Å²) in [5.41, 5.74) is 0. The Morgan fingerprint density at radius 2 is 2.19 bits per heavy atom. The van der Waals surface area contributed by atoms with Crippen molar-refractivity contribution in [3.63, 3.8) is 0 Å². The quantitative estimate of drug-likeness (QED) is 0.410. The highest BCUT2D eigenvalue weighted by atomic mass is 127. The first-order valence-corrected chi connectivity index (χ1v) is 6.88. The van der Waals surface area contributed by atoms with Gasteiger partial charge in [-0.1, -0.05) is 13.3 Å². The van der Waals surface area contributed by atoms with E-state index in [-0.39, 0.29) is 36.4 Å². The highest BCUT2D eigenvalue weighted by Gasteiger charge is 2.07. The highest BCUT2D eigenvalue weighted by Crippen LogP contribution is 1.98. The second-order valence-electron chi connectivity index (χ2n) is 4.53. The number of nitrogens with one attached hydrogen (secondary N) is 2. The third kappa shape index (κ3) is 7.93. The molecule has 1 amide bonds. The first-order valence-electron chi connectivity index (χ1n) is 6.88. The van der Waals surface area contributed by atoms with Crippen LogP contribution < -0.4 is 10.6 Å². The molecule has 0 aliphatic carbocycles. The van der Waals surface area contributed by atoms with Crippen LogP contribution in [-0.4, -0.2) is 44.0 Å². The molecule has 0 unspecified atom stereocenters. The van der Waals surface area contributed by atoms with Crippen LogP contribution in [0.15, 0.2) is 27.8 Å². The summed E-state index contributed by atoms with van der Waals surface area (Å²) in [6.07, 6.45) is 3.82. The fourth-order valence-corrected chi connectivity index (χ4v) is 1.71. The van der Waals surface area contributed by atoms with E-state index in [1.165, 1.54) is 0 Å². The molecule has 1 heterocycles. The second-order valence-corrected chi connectivity index (χ2v) is 4.53. The normalized spacial score (nSPS) is 10.7. The standard InChI is InChI=1S/C14H24N4O2.HI/c1-4-5-8-18(3)14(15-2)17-11-13(19)16-10-12-7-6-9-20-12;/h6-7,9H,4-5,8,10-11H2,1-3H3,(H,15,17)(H,16,19);1H. The van der Waals surface area contributed by atoms with Crippen LogP contribution in [0.1, 0.15) is 25.5 Å². The Hall–Kier alpha value is -1.25. The molecular weight excluding hydrogens is 383 g/mol. The lowest BCUT2D eigenvalue weighted by Gasteiger charge is -2.21. The van der Waals surface area contributed by atoms with Gasteiger partial charge in [0.1, 0.15) is 5.76 Å². The van der Waals surface area contributed by atoms with Gasteiger partial charge >= 0.3 is 0 Å². The Labute approximate surface area is 143 Å². The molecule has 0 atom stereocenters. The van der Waals surface area contributed by atoms with Crippen molar-refractivity contribution >= 4 is 35.8 Å². The van der Waals surface area contributed by atoms with E-state index in [4.69, 9.17) is 4.42 Å². The topological polar surface area (TPSA) is 69.9 Å². The van der Waals surface area contributed by atoms with Gasteiger partial charge in [0.15, 0.2) is 5.96 Å². The van der Waals surface area contributed by atoms with Crippen molar-refractivity contribution in [2.24, 2.45) is 4.99 Å². The van der Waals surface area contributed by atoms with Gasteiger partial charge < -0.3 is 20.0 Å². The molecule has 1 aromatic heterocycles. The van der Waals surface area contributed by atoms with Crippen LogP contribution in [0.25, 0.3) is 0 Å². The van der Waals surface area contributed by atoms with Gasteiger partial charge in [-0.2, -0.15) is 0 Å². The zero-order valence-electron chi connectivity index (χ0n) is 12.9. The number of rotatable bonds is 7. The lowest BCUT2D eigenvalue weighted by Crippen LogP contribution is -2.44. The lowest BCUT2D eigenvalue weighted by atomic mass is 10.3. The Bertz CT molecular complexity index is 421. The molecule has 1 rings (SSSR count). The number of amides is 1. The van der Waals surface area contributed by atoms with Gasteiger partial charge in [0, 0.05) is 20.6 Å².